The molecule has 0 aromatic rings. The van der Waals surface area contributed by atoms with Gasteiger partial charge >= 0.3 is 0 Å². The van der Waals surface area contributed by atoms with Gasteiger partial charge in [-0.2, -0.15) is 0 Å². The number of allylic oxidation sites excluding steroid dienone is 2. The van der Waals surface area contributed by atoms with Crippen LogP contribution in [0.15, 0.2) is 27.2 Å². The Balaban J connectivity index is 2.52. The van der Waals surface area contributed by atoms with Gasteiger partial charge < -0.3 is 0 Å². The average Bonchev–Trinajstić information content (AvgIpc) is 2.45. The molecule has 5 heteroatoms. The predicted molar refractivity (Wildman–Crippen MR) is 35.0 cm³/mol. The lowest BCUT2D eigenvalue weighted by atomic mass is 10.0. The monoisotopic (exact) mass is 149 g/mol. The molecule has 5 nitrogen and oxygen atoms in total. The summed E-state index contributed by atoms with van der Waals surface area (Å²) in [6.07, 6.45) is 1.67. The molecule has 2 rings (SSSR count). The summed E-state index contributed by atoms with van der Waals surface area (Å²) in [5, 5.41) is 10.3. The average molecular weight is 149 g/mol. The zero-order valence-electron chi connectivity index (χ0n) is 5.44. The fourth-order valence-corrected chi connectivity index (χ4v) is 0.927. The third-order valence-corrected chi connectivity index (χ3v) is 1.49. The number of hydrogen-bond donors (Lipinski definition) is 0. The highest BCUT2D eigenvalue weighted by molar-refractivity contribution is 6.69. The normalized spacial score (nSPS) is 21.5. The zero-order valence-corrected chi connectivity index (χ0v) is 5.44. The lowest BCUT2D eigenvalue weighted by Gasteiger charge is -2.02. The summed E-state index contributed by atoms with van der Waals surface area (Å²) in [6, 6.07) is 0. The zero-order chi connectivity index (χ0) is 7.84. The quantitative estimate of drug-likeness (QED) is 0.462. The maximum absolute atomic E-state index is 11.0. The molecule has 0 spiro atoms. The molecule has 2 aliphatic rings. The van der Waals surface area contributed by atoms with Crippen LogP contribution in [0.1, 0.15) is 6.42 Å². The van der Waals surface area contributed by atoms with Gasteiger partial charge in [0, 0.05) is 6.42 Å². The number of fused-ring (bicyclic) bond motifs is 1. The Morgan fingerprint density at radius 1 is 1.36 bits per heavy atom. The van der Waals surface area contributed by atoms with Crippen molar-refractivity contribution in [1.82, 2.24) is 0 Å². The third-order valence-electron chi connectivity index (χ3n) is 1.49. The minimum absolute atomic E-state index is 0.0845. The third kappa shape index (κ3) is 0.739. The summed E-state index contributed by atoms with van der Waals surface area (Å²) in [7, 11) is 0. The molecule has 0 aromatic heterocycles. The van der Waals surface area contributed by atoms with Crippen molar-refractivity contribution in [3.05, 3.63) is 11.8 Å². The van der Waals surface area contributed by atoms with Gasteiger partial charge in [-0.25, -0.2) is 0 Å². The molecule has 0 radical (unpaired) electrons. The van der Waals surface area contributed by atoms with Crippen LogP contribution in [0.25, 0.3) is 0 Å². The summed E-state index contributed by atoms with van der Waals surface area (Å²) in [4.78, 5) is 21.7. The smallest absolute Gasteiger partial charge is 0.251 e. The van der Waals surface area contributed by atoms with Gasteiger partial charge in [0.1, 0.15) is 5.70 Å². The van der Waals surface area contributed by atoms with Crippen molar-refractivity contribution in [3.63, 3.8) is 0 Å². The topological polar surface area (TPSA) is 71.2 Å². The summed E-state index contributed by atoms with van der Waals surface area (Å²) in [6.45, 7) is 0. The summed E-state index contributed by atoms with van der Waals surface area (Å²) in [5.74, 6) is -1.02. The number of carbonyl (C=O) groups is 2. The Labute approximate surface area is 61.5 Å². The second kappa shape index (κ2) is 1.91. The molecule has 0 saturated carbocycles. The molecule has 54 valence electrons. The van der Waals surface area contributed by atoms with E-state index in [1.807, 2.05) is 0 Å². The Bertz CT molecular complexity index is 338. The highest BCUT2D eigenvalue weighted by Gasteiger charge is 2.30. The minimum atomic E-state index is -0.576. The van der Waals surface area contributed by atoms with Crippen molar-refractivity contribution >= 4 is 17.3 Å². The highest BCUT2D eigenvalue weighted by Crippen LogP contribution is 2.16. The van der Waals surface area contributed by atoms with Crippen LogP contribution in [0.4, 0.5) is 0 Å². The Hall–Kier alpha value is -1.65. The molecule has 11 heavy (non-hydrogen) atoms. The van der Waals surface area contributed by atoms with Gasteiger partial charge in [0.25, 0.3) is 5.78 Å². The van der Waals surface area contributed by atoms with Crippen LogP contribution in [-0.4, -0.2) is 17.3 Å². The van der Waals surface area contributed by atoms with Crippen molar-refractivity contribution in [1.29, 1.82) is 0 Å². The SMILES string of the molecule is O=C1CC=C2N=NN=C2C1=O. The van der Waals surface area contributed by atoms with Gasteiger partial charge in [-0.1, -0.05) is 0 Å². The van der Waals surface area contributed by atoms with Crippen LogP contribution in [0.3, 0.4) is 0 Å². The summed E-state index contributed by atoms with van der Waals surface area (Å²) >= 11 is 0. The van der Waals surface area contributed by atoms with E-state index in [0.29, 0.717) is 5.70 Å². The molecule has 0 atom stereocenters. The van der Waals surface area contributed by atoms with E-state index in [1.54, 1.807) is 6.08 Å². The molecular formula is C6H3N3O2. The maximum atomic E-state index is 11.0. The van der Waals surface area contributed by atoms with Gasteiger partial charge in [0.2, 0.25) is 5.78 Å². The lowest BCUT2D eigenvalue weighted by molar-refractivity contribution is -0.132. The molecular weight excluding hydrogens is 146 g/mol. The Morgan fingerprint density at radius 3 is 3.00 bits per heavy atom. The molecule has 1 heterocycles. The van der Waals surface area contributed by atoms with E-state index in [0.717, 1.165) is 0 Å². The molecule has 0 amide bonds. The predicted octanol–water partition coefficient (Wildman–Crippen LogP) is 0.234. The van der Waals surface area contributed by atoms with Gasteiger partial charge in [-0.15, -0.1) is 10.2 Å². The minimum Gasteiger partial charge on any atom is -0.290 e. The van der Waals surface area contributed by atoms with Crippen LogP contribution < -0.4 is 0 Å². The second-order valence-corrected chi connectivity index (χ2v) is 2.18. The van der Waals surface area contributed by atoms with Crippen LogP contribution >= 0.6 is 0 Å². The molecule has 0 bridgehead atoms. The highest BCUT2D eigenvalue weighted by atomic mass is 16.2. The van der Waals surface area contributed by atoms with Crippen molar-refractivity contribution in [3.8, 4) is 0 Å². The first-order valence-corrected chi connectivity index (χ1v) is 3.06. The molecule has 0 saturated heterocycles. The van der Waals surface area contributed by atoms with Crippen LogP contribution in [0.2, 0.25) is 0 Å². The molecule has 0 fully saturated rings. The molecule has 0 unspecified atom stereocenters. The van der Waals surface area contributed by atoms with E-state index in [4.69, 9.17) is 0 Å². The van der Waals surface area contributed by atoms with E-state index in [2.05, 4.69) is 15.4 Å². The first-order chi connectivity index (χ1) is 5.29. The van der Waals surface area contributed by atoms with Gasteiger partial charge in [-0.05, 0) is 11.3 Å². The lowest BCUT2D eigenvalue weighted by Crippen LogP contribution is -2.27. The number of rotatable bonds is 0. The number of ketones is 2. The largest absolute Gasteiger partial charge is 0.290 e. The van der Waals surface area contributed by atoms with Gasteiger partial charge in [0.15, 0.2) is 5.71 Å². The first-order valence-electron chi connectivity index (χ1n) is 3.06. The van der Waals surface area contributed by atoms with Crippen LogP contribution in [0, 0.1) is 0 Å². The Kier molecular flexibility index (Phi) is 1.06. The van der Waals surface area contributed by atoms with Crippen LogP contribution in [0.5, 0.6) is 0 Å². The van der Waals surface area contributed by atoms with Crippen molar-refractivity contribution in [2.45, 2.75) is 6.42 Å². The number of hydrogen-bond acceptors (Lipinski definition) is 5. The summed E-state index contributed by atoms with van der Waals surface area (Å²) < 4.78 is 0. The van der Waals surface area contributed by atoms with Crippen molar-refractivity contribution < 1.29 is 9.59 Å². The van der Waals surface area contributed by atoms with Crippen molar-refractivity contribution in [2.24, 2.45) is 15.4 Å². The van der Waals surface area contributed by atoms with E-state index < -0.39 is 11.6 Å². The molecule has 0 N–H and O–H groups in total. The molecule has 0 aromatic carbocycles. The summed E-state index contributed by atoms with van der Waals surface area (Å²) in [5.41, 5.74) is 0.510. The molecule has 1 aliphatic heterocycles. The molecule has 1 aliphatic carbocycles. The van der Waals surface area contributed by atoms with E-state index >= 15 is 0 Å². The van der Waals surface area contributed by atoms with Gasteiger partial charge in [0.05, 0.1) is 0 Å². The van der Waals surface area contributed by atoms with E-state index in [-0.39, 0.29) is 12.1 Å². The van der Waals surface area contributed by atoms with Crippen LogP contribution in [-0.2, 0) is 9.59 Å². The van der Waals surface area contributed by atoms with E-state index in [9.17, 15) is 9.59 Å². The van der Waals surface area contributed by atoms with Gasteiger partial charge in [-0.3, -0.25) is 9.59 Å². The number of carbonyl (C=O) groups excluding carboxylic acids is 2. The number of Topliss-reactive ketones (excluding diaryl/α,β-unsaturated/α-hetero) is 2. The fraction of sp³-hybridized carbons (Fsp3) is 0.167. The second-order valence-electron chi connectivity index (χ2n) is 2.18. The van der Waals surface area contributed by atoms with E-state index in [1.165, 1.54) is 0 Å². The fourth-order valence-electron chi connectivity index (χ4n) is 0.927. The standard InChI is InChI=1S/C6H3N3O2/c10-4-2-1-3-5(6(4)11)8-9-7-3/h1H,2H2. The first kappa shape index (κ1) is 6.09. The number of nitrogens with zero attached hydrogens (tertiary/aromatic N) is 3. The Morgan fingerprint density at radius 2 is 2.18 bits per heavy atom. The van der Waals surface area contributed by atoms with Crippen molar-refractivity contribution in [2.75, 3.05) is 0 Å². The maximum Gasteiger partial charge on any atom is 0.251 e.